The van der Waals surface area contributed by atoms with Gasteiger partial charge in [-0.3, -0.25) is 9.59 Å². The fourth-order valence-corrected chi connectivity index (χ4v) is 5.30. The quantitative estimate of drug-likeness (QED) is 0.0413. The molecule has 0 saturated heterocycles. The van der Waals surface area contributed by atoms with E-state index >= 15 is 0 Å². The topological polar surface area (TPSA) is 72.8 Å². The molecule has 1 atom stereocenters. The van der Waals surface area contributed by atoms with Crippen molar-refractivity contribution in [2.24, 2.45) is 0 Å². The van der Waals surface area contributed by atoms with Crippen molar-refractivity contribution >= 4 is 11.9 Å². The molecule has 1 N–H and O–H groups in total. The van der Waals surface area contributed by atoms with Crippen molar-refractivity contribution in [2.75, 3.05) is 13.2 Å². The van der Waals surface area contributed by atoms with E-state index in [-0.39, 0.29) is 25.2 Å². The van der Waals surface area contributed by atoms with Gasteiger partial charge in [-0.2, -0.15) is 0 Å². The molecular weight excluding hydrogens is 596 g/mol. The molecule has 0 rings (SSSR count). The van der Waals surface area contributed by atoms with Gasteiger partial charge in [-0.05, 0) is 77.0 Å². The van der Waals surface area contributed by atoms with Gasteiger partial charge in [0.1, 0.15) is 6.61 Å². The third kappa shape index (κ3) is 36.4. The molecule has 5 nitrogen and oxygen atoms in total. The van der Waals surface area contributed by atoms with E-state index in [2.05, 4.69) is 74.6 Å². The Balaban J connectivity index is 3.62. The highest BCUT2D eigenvalue weighted by molar-refractivity contribution is 5.70. The zero-order chi connectivity index (χ0) is 35.0. The van der Waals surface area contributed by atoms with Crippen molar-refractivity contribution in [3.05, 3.63) is 60.8 Å². The molecule has 0 aliphatic heterocycles. The van der Waals surface area contributed by atoms with Crippen molar-refractivity contribution in [1.29, 1.82) is 0 Å². The number of aliphatic hydroxyl groups is 1. The molecule has 276 valence electrons. The highest BCUT2D eigenvalue weighted by Gasteiger charge is 2.16. The lowest BCUT2D eigenvalue weighted by Gasteiger charge is -2.15. The van der Waals surface area contributed by atoms with Crippen LogP contribution in [0.4, 0.5) is 0 Å². The van der Waals surface area contributed by atoms with E-state index in [4.69, 9.17) is 9.47 Å². The monoisotopic (exact) mass is 671 g/mol. The summed E-state index contributed by atoms with van der Waals surface area (Å²) in [5, 5.41) is 9.55. The van der Waals surface area contributed by atoms with Gasteiger partial charge in [0.2, 0.25) is 0 Å². The number of unbranched alkanes of at least 4 members (excludes halogenated alkanes) is 17. The standard InChI is InChI=1S/C43H74O5/c1-3-5-7-9-11-13-15-17-19-21-23-25-27-29-31-33-35-37-42(45)47-40-41(39-44)48-43(46)38-36-34-32-30-28-26-24-22-20-18-16-14-12-10-8-6-4-2/h6,8,12,14,17-20,24,26,41,44H,3-5,7,9-11,13,15-16,21-23,25,27-40H2,1-2H3. The Morgan fingerprint density at radius 2 is 0.896 bits per heavy atom. The molecule has 0 aromatic heterocycles. The molecule has 0 fully saturated rings. The normalized spacial score (nSPS) is 12.8. The van der Waals surface area contributed by atoms with Gasteiger partial charge >= 0.3 is 11.9 Å². The maximum Gasteiger partial charge on any atom is 0.306 e. The summed E-state index contributed by atoms with van der Waals surface area (Å²) in [6.07, 6.45) is 49.9. The van der Waals surface area contributed by atoms with Crippen molar-refractivity contribution in [3.8, 4) is 0 Å². The summed E-state index contributed by atoms with van der Waals surface area (Å²) in [6.45, 7) is 3.99. The van der Waals surface area contributed by atoms with E-state index < -0.39 is 6.10 Å². The highest BCUT2D eigenvalue weighted by atomic mass is 16.6. The first kappa shape index (κ1) is 45.6. The number of ether oxygens (including phenoxy) is 2. The molecule has 0 spiro atoms. The summed E-state index contributed by atoms with van der Waals surface area (Å²) in [5.74, 6) is -0.626. The summed E-state index contributed by atoms with van der Waals surface area (Å²) < 4.78 is 10.6. The van der Waals surface area contributed by atoms with Crippen LogP contribution in [0.5, 0.6) is 0 Å². The van der Waals surface area contributed by atoms with Gasteiger partial charge in [0.15, 0.2) is 6.10 Å². The fourth-order valence-electron chi connectivity index (χ4n) is 5.30. The van der Waals surface area contributed by atoms with Crippen LogP contribution in [-0.2, 0) is 19.1 Å². The summed E-state index contributed by atoms with van der Waals surface area (Å²) in [4.78, 5) is 24.3. The Kier molecular flexibility index (Phi) is 37.1. The number of carbonyl (C=O) groups excluding carboxylic acids is 2. The third-order valence-corrected chi connectivity index (χ3v) is 8.30. The van der Waals surface area contributed by atoms with Gasteiger partial charge in [-0.1, -0.05) is 152 Å². The minimum atomic E-state index is -0.787. The van der Waals surface area contributed by atoms with Gasteiger partial charge in [0, 0.05) is 12.8 Å². The van der Waals surface area contributed by atoms with Gasteiger partial charge in [-0.15, -0.1) is 0 Å². The Morgan fingerprint density at radius 3 is 1.38 bits per heavy atom. The molecule has 0 heterocycles. The summed E-state index contributed by atoms with van der Waals surface area (Å²) in [7, 11) is 0. The van der Waals surface area contributed by atoms with Crippen LogP contribution in [-0.4, -0.2) is 36.4 Å². The Morgan fingerprint density at radius 1 is 0.500 bits per heavy atom. The number of allylic oxidation sites excluding steroid dienone is 10. The van der Waals surface area contributed by atoms with Crippen molar-refractivity contribution in [1.82, 2.24) is 0 Å². The summed E-state index contributed by atoms with van der Waals surface area (Å²) >= 11 is 0. The van der Waals surface area contributed by atoms with E-state index in [9.17, 15) is 14.7 Å². The van der Waals surface area contributed by atoms with Crippen LogP contribution in [0.25, 0.3) is 0 Å². The number of aliphatic hydroxyl groups excluding tert-OH is 1. The first-order valence-corrected chi connectivity index (χ1v) is 19.8. The summed E-state index contributed by atoms with van der Waals surface area (Å²) in [5.41, 5.74) is 0. The number of hydrogen-bond donors (Lipinski definition) is 1. The zero-order valence-corrected chi connectivity index (χ0v) is 31.2. The van der Waals surface area contributed by atoms with Crippen LogP contribution in [0.1, 0.15) is 181 Å². The van der Waals surface area contributed by atoms with Crippen LogP contribution in [0.2, 0.25) is 0 Å². The highest BCUT2D eigenvalue weighted by Crippen LogP contribution is 2.12. The molecule has 48 heavy (non-hydrogen) atoms. The number of carbonyl (C=O) groups is 2. The molecule has 1 unspecified atom stereocenters. The molecule has 0 aromatic rings. The number of esters is 2. The second-order valence-electron chi connectivity index (χ2n) is 13.0. The second kappa shape index (κ2) is 39.0. The van der Waals surface area contributed by atoms with Crippen molar-refractivity contribution < 1.29 is 24.2 Å². The lowest BCUT2D eigenvalue weighted by molar-refractivity contribution is -0.161. The van der Waals surface area contributed by atoms with Crippen LogP contribution in [0.15, 0.2) is 60.8 Å². The first-order valence-electron chi connectivity index (χ1n) is 19.8. The Bertz CT molecular complexity index is 853. The number of hydrogen-bond acceptors (Lipinski definition) is 5. The van der Waals surface area contributed by atoms with Crippen LogP contribution in [0.3, 0.4) is 0 Å². The summed E-state index contributed by atoms with van der Waals surface area (Å²) in [6, 6.07) is 0. The molecule has 0 amide bonds. The molecule has 0 aliphatic carbocycles. The Labute approximate surface area is 296 Å². The minimum absolute atomic E-state index is 0.0800. The molecule has 5 heteroatoms. The maximum atomic E-state index is 12.2. The lowest BCUT2D eigenvalue weighted by atomic mass is 10.1. The largest absolute Gasteiger partial charge is 0.462 e. The van der Waals surface area contributed by atoms with Gasteiger partial charge in [-0.25, -0.2) is 0 Å². The average Bonchev–Trinajstić information content (AvgIpc) is 3.09. The first-order chi connectivity index (χ1) is 23.6. The van der Waals surface area contributed by atoms with Gasteiger partial charge < -0.3 is 14.6 Å². The molecule has 0 radical (unpaired) electrons. The van der Waals surface area contributed by atoms with Crippen molar-refractivity contribution in [3.63, 3.8) is 0 Å². The smallest absolute Gasteiger partial charge is 0.306 e. The lowest BCUT2D eigenvalue weighted by Crippen LogP contribution is -2.28. The third-order valence-electron chi connectivity index (χ3n) is 8.30. The average molecular weight is 671 g/mol. The maximum absolute atomic E-state index is 12.2. The van der Waals surface area contributed by atoms with Gasteiger partial charge in [0.05, 0.1) is 6.61 Å². The minimum Gasteiger partial charge on any atom is -0.462 e. The van der Waals surface area contributed by atoms with E-state index in [1.807, 2.05) is 0 Å². The molecule has 0 saturated carbocycles. The SMILES string of the molecule is CCC=CCC=CCC=CCC=CCCCCCCC(=O)OC(CO)COC(=O)CCCCCCCCCC=CCCCCCCCC. The van der Waals surface area contributed by atoms with E-state index in [1.165, 1.54) is 77.0 Å². The predicted octanol–water partition coefficient (Wildman–Crippen LogP) is 12.4. The second-order valence-corrected chi connectivity index (χ2v) is 13.0. The molecular formula is C43H74O5. The molecule has 0 bridgehead atoms. The number of rotatable bonds is 35. The predicted molar refractivity (Wildman–Crippen MR) is 205 cm³/mol. The van der Waals surface area contributed by atoms with Crippen LogP contribution in [0, 0.1) is 0 Å². The zero-order valence-electron chi connectivity index (χ0n) is 31.2. The molecule has 0 aromatic carbocycles. The molecule has 0 aliphatic rings. The van der Waals surface area contributed by atoms with Crippen LogP contribution < -0.4 is 0 Å². The van der Waals surface area contributed by atoms with E-state index in [0.29, 0.717) is 12.8 Å². The van der Waals surface area contributed by atoms with Crippen molar-refractivity contribution in [2.45, 2.75) is 187 Å². The van der Waals surface area contributed by atoms with E-state index in [0.717, 1.165) is 77.0 Å². The van der Waals surface area contributed by atoms with Crippen LogP contribution >= 0.6 is 0 Å². The Hall–Kier alpha value is -2.40. The van der Waals surface area contributed by atoms with E-state index in [1.54, 1.807) is 0 Å². The fraction of sp³-hybridized carbons (Fsp3) is 0.721. The van der Waals surface area contributed by atoms with Gasteiger partial charge in [0.25, 0.3) is 0 Å².